The lowest BCUT2D eigenvalue weighted by molar-refractivity contribution is 0.0169. The molecule has 7 heteroatoms. The minimum atomic E-state index is -1.27. The van der Waals surface area contributed by atoms with E-state index in [-0.39, 0.29) is 13.2 Å². The summed E-state index contributed by atoms with van der Waals surface area (Å²) in [6.45, 7) is -0.0653. The maximum Gasteiger partial charge on any atom is 0.407 e. The number of carbonyl (C=O) groups is 1. The van der Waals surface area contributed by atoms with Crippen molar-refractivity contribution >= 4 is 6.09 Å². The predicted octanol–water partition coefficient (Wildman–Crippen LogP) is 2.02. The molecule has 0 fully saturated rings. The highest BCUT2D eigenvalue weighted by Gasteiger charge is 2.24. The third-order valence-corrected chi connectivity index (χ3v) is 3.78. The van der Waals surface area contributed by atoms with Crippen molar-refractivity contribution in [3.8, 4) is 11.5 Å². The SMILES string of the molecule is COc1cccc(C(O)C(O)CNC(=O)OCc2ccccc2)c1OC. The van der Waals surface area contributed by atoms with Crippen LogP contribution in [0.4, 0.5) is 4.79 Å². The molecule has 2 rings (SSSR count). The molecule has 0 heterocycles. The number of hydrogen-bond acceptors (Lipinski definition) is 6. The standard InChI is InChI=1S/C19H23NO6/c1-24-16-10-6-9-14(18(16)25-2)17(22)15(21)11-20-19(23)26-12-13-7-4-3-5-8-13/h3-10,15,17,21-22H,11-12H2,1-2H3,(H,20,23). The first-order valence-corrected chi connectivity index (χ1v) is 8.08. The van der Waals surface area contributed by atoms with Crippen LogP contribution in [0.15, 0.2) is 48.5 Å². The molecule has 26 heavy (non-hydrogen) atoms. The number of amides is 1. The number of carbonyl (C=O) groups excluding carboxylic acids is 1. The van der Waals surface area contributed by atoms with Gasteiger partial charge in [-0.3, -0.25) is 0 Å². The maximum atomic E-state index is 11.7. The Hall–Kier alpha value is -2.77. The maximum absolute atomic E-state index is 11.7. The summed E-state index contributed by atoms with van der Waals surface area (Å²) in [7, 11) is 2.92. The molecule has 0 saturated heterocycles. The molecule has 0 aromatic heterocycles. The normalized spacial score (nSPS) is 12.8. The number of benzene rings is 2. The van der Waals surface area contributed by atoms with Crippen LogP contribution in [0, 0.1) is 0 Å². The highest BCUT2D eigenvalue weighted by molar-refractivity contribution is 5.67. The Labute approximate surface area is 152 Å². The van der Waals surface area contributed by atoms with Crippen molar-refractivity contribution in [3.05, 3.63) is 59.7 Å². The van der Waals surface area contributed by atoms with E-state index in [1.54, 1.807) is 18.2 Å². The van der Waals surface area contributed by atoms with E-state index in [9.17, 15) is 15.0 Å². The van der Waals surface area contributed by atoms with E-state index in [0.717, 1.165) is 5.56 Å². The Morgan fingerprint density at radius 1 is 1.04 bits per heavy atom. The van der Waals surface area contributed by atoms with Gasteiger partial charge in [0.2, 0.25) is 0 Å². The molecule has 0 bridgehead atoms. The van der Waals surface area contributed by atoms with Crippen molar-refractivity contribution in [2.24, 2.45) is 0 Å². The smallest absolute Gasteiger partial charge is 0.407 e. The number of alkyl carbamates (subject to hydrolysis) is 1. The zero-order valence-electron chi connectivity index (χ0n) is 14.7. The summed E-state index contributed by atoms with van der Waals surface area (Å²) < 4.78 is 15.5. The molecular formula is C19H23NO6. The highest BCUT2D eigenvalue weighted by atomic mass is 16.5. The molecule has 3 N–H and O–H groups in total. The number of nitrogens with one attached hydrogen (secondary N) is 1. The van der Waals surface area contributed by atoms with Crippen LogP contribution in [0.25, 0.3) is 0 Å². The fraction of sp³-hybridized carbons (Fsp3) is 0.316. The van der Waals surface area contributed by atoms with E-state index in [2.05, 4.69) is 5.32 Å². The van der Waals surface area contributed by atoms with Crippen LogP contribution < -0.4 is 14.8 Å². The summed E-state index contributed by atoms with van der Waals surface area (Å²) in [5, 5.41) is 23.0. The van der Waals surface area contributed by atoms with E-state index in [1.807, 2.05) is 30.3 Å². The fourth-order valence-corrected chi connectivity index (χ4v) is 2.43. The zero-order valence-corrected chi connectivity index (χ0v) is 14.7. The average molecular weight is 361 g/mol. The first-order valence-electron chi connectivity index (χ1n) is 8.08. The van der Waals surface area contributed by atoms with Crippen molar-refractivity contribution < 1.29 is 29.2 Å². The molecule has 2 atom stereocenters. The summed E-state index contributed by atoms with van der Waals surface area (Å²) in [5.41, 5.74) is 1.21. The molecule has 2 aromatic rings. The lowest BCUT2D eigenvalue weighted by atomic mass is 10.0. The largest absolute Gasteiger partial charge is 0.493 e. The van der Waals surface area contributed by atoms with Crippen molar-refractivity contribution in [1.29, 1.82) is 0 Å². The van der Waals surface area contributed by atoms with Gasteiger partial charge in [-0.05, 0) is 11.6 Å². The van der Waals surface area contributed by atoms with E-state index in [1.165, 1.54) is 14.2 Å². The van der Waals surface area contributed by atoms with Crippen molar-refractivity contribution in [2.75, 3.05) is 20.8 Å². The Bertz CT molecular complexity index is 706. The van der Waals surface area contributed by atoms with E-state index in [4.69, 9.17) is 14.2 Å². The quantitative estimate of drug-likeness (QED) is 0.666. The summed E-state index contributed by atoms with van der Waals surface area (Å²) in [6.07, 6.45) is -3.20. The van der Waals surface area contributed by atoms with Gasteiger partial charge in [0.1, 0.15) is 18.8 Å². The van der Waals surface area contributed by atoms with Crippen LogP contribution >= 0.6 is 0 Å². The molecule has 1 amide bonds. The number of rotatable bonds is 8. The number of hydrogen-bond donors (Lipinski definition) is 3. The van der Waals surface area contributed by atoms with Crippen LogP contribution in [0.5, 0.6) is 11.5 Å². The van der Waals surface area contributed by atoms with E-state index >= 15 is 0 Å². The summed E-state index contributed by atoms with van der Waals surface area (Å²) in [5.74, 6) is 0.764. The Morgan fingerprint density at radius 3 is 2.42 bits per heavy atom. The van der Waals surface area contributed by atoms with Gasteiger partial charge in [0, 0.05) is 12.1 Å². The molecule has 0 saturated carbocycles. The van der Waals surface area contributed by atoms with Gasteiger partial charge in [0.15, 0.2) is 11.5 Å². The molecule has 0 aliphatic rings. The van der Waals surface area contributed by atoms with Crippen LogP contribution in [-0.2, 0) is 11.3 Å². The Balaban J connectivity index is 1.89. The van der Waals surface area contributed by atoms with Gasteiger partial charge in [-0.2, -0.15) is 0 Å². The van der Waals surface area contributed by atoms with Crippen LogP contribution in [0.2, 0.25) is 0 Å². The van der Waals surface area contributed by atoms with Crippen molar-refractivity contribution in [2.45, 2.75) is 18.8 Å². The number of para-hydroxylation sites is 1. The molecule has 0 aliphatic heterocycles. The minimum absolute atomic E-state index is 0.120. The monoisotopic (exact) mass is 361 g/mol. The molecule has 140 valence electrons. The van der Waals surface area contributed by atoms with Gasteiger partial charge < -0.3 is 29.7 Å². The zero-order chi connectivity index (χ0) is 18.9. The van der Waals surface area contributed by atoms with Crippen molar-refractivity contribution in [1.82, 2.24) is 5.32 Å². The summed E-state index contributed by atoms with van der Waals surface area (Å²) >= 11 is 0. The Morgan fingerprint density at radius 2 is 1.77 bits per heavy atom. The molecule has 0 radical (unpaired) electrons. The molecule has 0 aliphatic carbocycles. The van der Waals surface area contributed by atoms with Crippen LogP contribution in [0.3, 0.4) is 0 Å². The highest BCUT2D eigenvalue weighted by Crippen LogP contribution is 2.35. The fourth-order valence-electron chi connectivity index (χ4n) is 2.43. The predicted molar refractivity (Wildman–Crippen MR) is 95.1 cm³/mol. The van der Waals surface area contributed by atoms with Crippen molar-refractivity contribution in [3.63, 3.8) is 0 Å². The van der Waals surface area contributed by atoms with Gasteiger partial charge in [0.05, 0.1) is 14.2 Å². The second-order valence-electron chi connectivity index (χ2n) is 5.54. The second kappa shape index (κ2) is 9.65. The van der Waals surface area contributed by atoms with Gasteiger partial charge in [-0.25, -0.2) is 4.79 Å². The minimum Gasteiger partial charge on any atom is -0.493 e. The number of methoxy groups -OCH3 is 2. The lowest BCUT2D eigenvalue weighted by Gasteiger charge is -2.21. The summed E-state index contributed by atoms with van der Waals surface area (Å²) in [6, 6.07) is 14.2. The van der Waals surface area contributed by atoms with E-state index in [0.29, 0.717) is 17.1 Å². The number of aliphatic hydroxyl groups is 2. The molecule has 7 nitrogen and oxygen atoms in total. The topological polar surface area (TPSA) is 97.2 Å². The van der Waals surface area contributed by atoms with Gasteiger partial charge in [-0.15, -0.1) is 0 Å². The number of ether oxygens (including phenoxy) is 3. The van der Waals surface area contributed by atoms with Crippen LogP contribution in [-0.4, -0.2) is 43.2 Å². The summed E-state index contributed by atoms with van der Waals surface area (Å²) in [4.78, 5) is 11.7. The van der Waals surface area contributed by atoms with E-state index < -0.39 is 18.3 Å². The molecule has 2 unspecified atom stereocenters. The third kappa shape index (κ3) is 5.11. The van der Waals surface area contributed by atoms with Gasteiger partial charge >= 0.3 is 6.09 Å². The first kappa shape index (κ1) is 19.6. The molecule has 0 spiro atoms. The van der Waals surface area contributed by atoms with Crippen LogP contribution in [0.1, 0.15) is 17.2 Å². The average Bonchev–Trinajstić information content (AvgIpc) is 2.69. The third-order valence-electron chi connectivity index (χ3n) is 3.78. The molecule has 2 aromatic carbocycles. The van der Waals surface area contributed by atoms with Gasteiger partial charge in [-0.1, -0.05) is 42.5 Å². The second-order valence-corrected chi connectivity index (χ2v) is 5.54. The first-order chi connectivity index (χ1) is 12.6. The number of aliphatic hydroxyl groups excluding tert-OH is 2. The molecular weight excluding hydrogens is 338 g/mol. The lowest BCUT2D eigenvalue weighted by Crippen LogP contribution is -2.35. The van der Waals surface area contributed by atoms with Gasteiger partial charge in [0.25, 0.3) is 0 Å². The Kier molecular flexibility index (Phi) is 7.25.